The SMILES string of the molecule is CC1(C(=O)O)CCN(C(=O)C2CC2c2ccccc2)CC1. The molecule has 1 aliphatic carbocycles. The highest BCUT2D eigenvalue weighted by atomic mass is 16.4. The van der Waals surface area contributed by atoms with E-state index in [1.54, 1.807) is 6.92 Å². The fourth-order valence-corrected chi connectivity index (χ4v) is 3.21. The van der Waals surface area contributed by atoms with Crippen LogP contribution in [0.3, 0.4) is 0 Å². The summed E-state index contributed by atoms with van der Waals surface area (Å²) in [5.41, 5.74) is 0.572. The largest absolute Gasteiger partial charge is 0.481 e. The van der Waals surface area contributed by atoms with Gasteiger partial charge >= 0.3 is 5.97 Å². The van der Waals surface area contributed by atoms with Gasteiger partial charge in [0.1, 0.15) is 0 Å². The Balaban J connectivity index is 1.58. The molecular weight excluding hydrogens is 266 g/mol. The second-order valence-corrected chi connectivity index (χ2v) is 6.55. The van der Waals surface area contributed by atoms with Crippen molar-refractivity contribution >= 4 is 11.9 Å². The number of hydrogen-bond donors (Lipinski definition) is 1. The number of hydrogen-bond acceptors (Lipinski definition) is 2. The van der Waals surface area contributed by atoms with Crippen molar-refractivity contribution in [2.24, 2.45) is 11.3 Å². The zero-order valence-corrected chi connectivity index (χ0v) is 12.3. The number of likely N-dealkylation sites (tertiary alicyclic amines) is 1. The zero-order valence-electron chi connectivity index (χ0n) is 12.3. The van der Waals surface area contributed by atoms with Crippen molar-refractivity contribution in [2.75, 3.05) is 13.1 Å². The van der Waals surface area contributed by atoms with Gasteiger partial charge in [0.05, 0.1) is 5.41 Å². The number of aliphatic carboxylic acids is 1. The van der Waals surface area contributed by atoms with Crippen molar-refractivity contribution in [3.63, 3.8) is 0 Å². The third-order valence-corrected chi connectivity index (χ3v) is 5.03. The summed E-state index contributed by atoms with van der Waals surface area (Å²) >= 11 is 0. The average Bonchev–Trinajstić information content (AvgIpc) is 3.28. The van der Waals surface area contributed by atoms with Gasteiger partial charge in [0, 0.05) is 19.0 Å². The fourth-order valence-electron chi connectivity index (χ4n) is 3.21. The molecule has 2 atom stereocenters. The highest BCUT2D eigenvalue weighted by Gasteiger charge is 2.47. The van der Waals surface area contributed by atoms with E-state index in [1.165, 1.54) is 5.56 Å². The van der Waals surface area contributed by atoms with Gasteiger partial charge in [-0.25, -0.2) is 0 Å². The van der Waals surface area contributed by atoms with E-state index in [2.05, 4.69) is 12.1 Å². The number of nitrogens with zero attached hydrogens (tertiary/aromatic N) is 1. The van der Waals surface area contributed by atoms with Crippen molar-refractivity contribution < 1.29 is 14.7 Å². The van der Waals surface area contributed by atoms with Crippen molar-refractivity contribution in [3.05, 3.63) is 35.9 Å². The van der Waals surface area contributed by atoms with Crippen LogP contribution in [0.25, 0.3) is 0 Å². The first kappa shape index (κ1) is 14.1. The minimum absolute atomic E-state index is 0.0987. The van der Waals surface area contributed by atoms with Crippen molar-refractivity contribution in [1.82, 2.24) is 4.90 Å². The summed E-state index contributed by atoms with van der Waals surface area (Å²) in [4.78, 5) is 25.6. The van der Waals surface area contributed by atoms with Crippen LogP contribution in [0.2, 0.25) is 0 Å². The first-order chi connectivity index (χ1) is 10.0. The van der Waals surface area contributed by atoms with E-state index in [4.69, 9.17) is 0 Å². The van der Waals surface area contributed by atoms with Crippen LogP contribution in [0.4, 0.5) is 0 Å². The molecule has 2 unspecified atom stereocenters. The zero-order chi connectivity index (χ0) is 15.0. The highest BCUT2D eigenvalue weighted by molar-refractivity contribution is 5.83. The maximum atomic E-state index is 12.5. The molecule has 112 valence electrons. The van der Waals surface area contributed by atoms with Crippen LogP contribution in [-0.4, -0.2) is 35.0 Å². The summed E-state index contributed by atoms with van der Waals surface area (Å²) in [5, 5.41) is 9.23. The van der Waals surface area contributed by atoms with E-state index in [-0.39, 0.29) is 11.8 Å². The molecule has 2 aliphatic rings. The second-order valence-electron chi connectivity index (χ2n) is 6.55. The smallest absolute Gasteiger partial charge is 0.309 e. The summed E-state index contributed by atoms with van der Waals surface area (Å²) in [6.45, 7) is 2.92. The van der Waals surface area contributed by atoms with E-state index in [0.29, 0.717) is 31.8 Å². The Morgan fingerprint density at radius 2 is 1.81 bits per heavy atom. The number of carbonyl (C=O) groups is 2. The predicted octanol–water partition coefficient (Wildman–Crippen LogP) is 2.50. The Kier molecular flexibility index (Phi) is 3.47. The maximum Gasteiger partial charge on any atom is 0.309 e. The second kappa shape index (κ2) is 5.17. The molecule has 1 heterocycles. The maximum absolute atomic E-state index is 12.5. The third-order valence-electron chi connectivity index (χ3n) is 5.03. The molecule has 1 saturated heterocycles. The van der Waals surface area contributed by atoms with Crippen molar-refractivity contribution in [1.29, 1.82) is 0 Å². The first-order valence-electron chi connectivity index (χ1n) is 7.58. The van der Waals surface area contributed by atoms with E-state index >= 15 is 0 Å². The minimum Gasteiger partial charge on any atom is -0.481 e. The molecule has 3 rings (SSSR count). The molecule has 1 aromatic rings. The Hall–Kier alpha value is -1.84. The van der Waals surface area contributed by atoms with E-state index in [1.807, 2.05) is 23.1 Å². The molecule has 21 heavy (non-hydrogen) atoms. The molecule has 0 radical (unpaired) electrons. The lowest BCUT2D eigenvalue weighted by molar-refractivity contribution is -0.153. The van der Waals surface area contributed by atoms with E-state index < -0.39 is 11.4 Å². The van der Waals surface area contributed by atoms with Crippen molar-refractivity contribution in [2.45, 2.75) is 32.1 Å². The molecule has 1 saturated carbocycles. The van der Waals surface area contributed by atoms with Gasteiger partial charge in [-0.05, 0) is 37.7 Å². The number of piperidine rings is 1. The number of benzene rings is 1. The van der Waals surface area contributed by atoms with Crippen LogP contribution < -0.4 is 0 Å². The lowest BCUT2D eigenvalue weighted by Gasteiger charge is -2.36. The number of amides is 1. The molecule has 2 fully saturated rings. The molecular formula is C17H21NO3. The van der Waals surface area contributed by atoms with Crippen LogP contribution in [0, 0.1) is 11.3 Å². The normalized spacial score (nSPS) is 27.2. The number of carboxylic acids is 1. The molecule has 4 nitrogen and oxygen atoms in total. The topological polar surface area (TPSA) is 57.6 Å². The van der Waals surface area contributed by atoms with E-state index in [9.17, 15) is 14.7 Å². The minimum atomic E-state index is -0.747. The van der Waals surface area contributed by atoms with Gasteiger partial charge in [-0.2, -0.15) is 0 Å². The van der Waals surface area contributed by atoms with Gasteiger partial charge in [0.25, 0.3) is 0 Å². The Bertz CT molecular complexity index is 546. The van der Waals surface area contributed by atoms with E-state index in [0.717, 1.165) is 6.42 Å². The predicted molar refractivity (Wildman–Crippen MR) is 78.8 cm³/mol. The van der Waals surface area contributed by atoms with Crippen LogP contribution in [0.5, 0.6) is 0 Å². The third kappa shape index (κ3) is 2.67. The van der Waals surface area contributed by atoms with Gasteiger partial charge in [-0.3, -0.25) is 9.59 Å². The highest BCUT2D eigenvalue weighted by Crippen LogP contribution is 2.49. The summed E-state index contributed by atoms with van der Waals surface area (Å²) < 4.78 is 0. The Labute approximate surface area is 124 Å². The molecule has 1 aliphatic heterocycles. The van der Waals surface area contributed by atoms with Gasteiger partial charge in [0.2, 0.25) is 5.91 Å². The van der Waals surface area contributed by atoms with Gasteiger partial charge in [0.15, 0.2) is 0 Å². The van der Waals surface area contributed by atoms with Crippen LogP contribution >= 0.6 is 0 Å². The molecule has 0 bridgehead atoms. The van der Waals surface area contributed by atoms with Gasteiger partial charge < -0.3 is 10.0 Å². The van der Waals surface area contributed by atoms with Gasteiger partial charge in [-0.15, -0.1) is 0 Å². The molecule has 1 aromatic carbocycles. The van der Waals surface area contributed by atoms with Crippen molar-refractivity contribution in [3.8, 4) is 0 Å². The van der Waals surface area contributed by atoms with Gasteiger partial charge in [-0.1, -0.05) is 30.3 Å². The summed E-state index contributed by atoms with van der Waals surface area (Å²) in [5.74, 6) is -0.0902. The quantitative estimate of drug-likeness (QED) is 0.929. The monoisotopic (exact) mass is 287 g/mol. The van der Waals surface area contributed by atoms with Crippen LogP contribution in [0.15, 0.2) is 30.3 Å². The standard InChI is InChI=1S/C17H21NO3/c1-17(16(20)21)7-9-18(10-8-17)15(19)14-11-13(14)12-5-3-2-4-6-12/h2-6,13-14H,7-11H2,1H3,(H,20,21). The molecule has 4 heteroatoms. The number of carbonyl (C=O) groups excluding carboxylic acids is 1. The number of rotatable bonds is 3. The fraction of sp³-hybridized carbons (Fsp3) is 0.529. The van der Waals surface area contributed by atoms with Crippen LogP contribution in [0.1, 0.15) is 37.7 Å². The first-order valence-corrected chi connectivity index (χ1v) is 7.58. The van der Waals surface area contributed by atoms with Crippen LogP contribution in [-0.2, 0) is 9.59 Å². The summed E-state index contributed by atoms with van der Waals surface area (Å²) in [6, 6.07) is 10.2. The lowest BCUT2D eigenvalue weighted by atomic mass is 9.80. The average molecular weight is 287 g/mol. The Morgan fingerprint density at radius 1 is 1.19 bits per heavy atom. The lowest BCUT2D eigenvalue weighted by Crippen LogP contribution is -2.45. The Morgan fingerprint density at radius 3 is 2.38 bits per heavy atom. The number of carboxylic acid groups (broad SMARTS) is 1. The molecule has 1 amide bonds. The molecule has 0 aromatic heterocycles. The molecule has 0 spiro atoms. The summed E-state index contributed by atoms with van der Waals surface area (Å²) in [7, 11) is 0. The molecule has 1 N–H and O–H groups in total. The summed E-state index contributed by atoms with van der Waals surface area (Å²) in [6.07, 6.45) is 2.03.